The highest BCUT2D eigenvalue weighted by atomic mass is 35.5. The van der Waals surface area contributed by atoms with Gasteiger partial charge in [-0.3, -0.25) is 4.79 Å². The molecule has 0 aromatic rings. The lowest BCUT2D eigenvalue weighted by Crippen LogP contribution is -2.33. The first-order valence-corrected chi connectivity index (χ1v) is 4.24. The number of amides is 1. The zero-order chi connectivity index (χ0) is 8.69. The number of aliphatic hydroxyl groups excluding tert-OH is 1. The van der Waals surface area contributed by atoms with E-state index in [2.05, 4.69) is 0 Å². The molecule has 0 heterocycles. The minimum absolute atomic E-state index is 0.0107. The molecular weight excluding hydrogens is 166 g/mol. The van der Waals surface area contributed by atoms with Crippen LogP contribution < -0.4 is 0 Å². The van der Waals surface area contributed by atoms with Crippen LogP contribution in [-0.4, -0.2) is 41.5 Å². The molecule has 0 saturated heterocycles. The molecule has 0 aliphatic heterocycles. The molecule has 0 rings (SSSR count). The van der Waals surface area contributed by atoms with Gasteiger partial charge in [0, 0.05) is 25.4 Å². The van der Waals surface area contributed by atoms with Crippen molar-refractivity contribution in [3.63, 3.8) is 0 Å². The SMILES string of the molecule is CCN(CCO)C(=O)CCCl. The zero-order valence-corrected chi connectivity index (χ0v) is 7.47. The van der Waals surface area contributed by atoms with Gasteiger partial charge < -0.3 is 10.0 Å². The van der Waals surface area contributed by atoms with Crippen LogP contribution in [0.4, 0.5) is 0 Å². The second kappa shape index (κ2) is 6.43. The van der Waals surface area contributed by atoms with Gasteiger partial charge in [0.1, 0.15) is 0 Å². The van der Waals surface area contributed by atoms with Gasteiger partial charge in [-0.1, -0.05) is 0 Å². The van der Waals surface area contributed by atoms with Gasteiger partial charge in [0.15, 0.2) is 0 Å². The number of likely N-dealkylation sites (N-methyl/N-ethyl adjacent to an activating group) is 1. The zero-order valence-electron chi connectivity index (χ0n) is 6.72. The molecule has 0 aliphatic rings. The third kappa shape index (κ3) is 4.22. The molecule has 0 aliphatic carbocycles. The fourth-order valence-corrected chi connectivity index (χ4v) is 0.980. The maximum atomic E-state index is 11.1. The van der Waals surface area contributed by atoms with Crippen molar-refractivity contribution in [1.82, 2.24) is 4.90 Å². The van der Waals surface area contributed by atoms with Gasteiger partial charge in [-0.25, -0.2) is 0 Å². The van der Waals surface area contributed by atoms with E-state index in [0.29, 0.717) is 25.4 Å². The van der Waals surface area contributed by atoms with Gasteiger partial charge in [0.05, 0.1) is 6.61 Å². The lowest BCUT2D eigenvalue weighted by atomic mass is 10.4. The summed E-state index contributed by atoms with van der Waals surface area (Å²) in [6, 6.07) is 0. The normalized spacial score (nSPS) is 9.73. The van der Waals surface area contributed by atoms with Crippen LogP contribution in [0.1, 0.15) is 13.3 Å². The Morgan fingerprint density at radius 3 is 2.64 bits per heavy atom. The Balaban J connectivity index is 3.71. The summed E-state index contributed by atoms with van der Waals surface area (Å²) in [7, 11) is 0. The number of hydrogen-bond donors (Lipinski definition) is 1. The van der Waals surface area contributed by atoms with Gasteiger partial charge in [-0.05, 0) is 6.92 Å². The van der Waals surface area contributed by atoms with Gasteiger partial charge in [0.2, 0.25) is 5.91 Å². The van der Waals surface area contributed by atoms with Gasteiger partial charge in [-0.15, -0.1) is 11.6 Å². The van der Waals surface area contributed by atoms with E-state index in [4.69, 9.17) is 16.7 Å². The summed E-state index contributed by atoms with van der Waals surface area (Å²) in [5, 5.41) is 8.56. The number of aliphatic hydroxyl groups is 1. The van der Waals surface area contributed by atoms with E-state index in [1.54, 1.807) is 4.90 Å². The van der Waals surface area contributed by atoms with Crippen LogP contribution in [0.25, 0.3) is 0 Å². The van der Waals surface area contributed by atoms with Gasteiger partial charge >= 0.3 is 0 Å². The number of nitrogens with zero attached hydrogens (tertiary/aromatic N) is 1. The van der Waals surface area contributed by atoms with Crippen LogP contribution in [0.5, 0.6) is 0 Å². The minimum Gasteiger partial charge on any atom is -0.395 e. The van der Waals surface area contributed by atoms with Crippen molar-refractivity contribution in [3.05, 3.63) is 0 Å². The highest BCUT2D eigenvalue weighted by Gasteiger charge is 2.08. The average Bonchev–Trinajstić information content (AvgIpc) is 2.00. The molecule has 0 unspecified atom stereocenters. The topological polar surface area (TPSA) is 40.5 Å². The van der Waals surface area contributed by atoms with Crippen molar-refractivity contribution in [2.24, 2.45) is 0 Å². The third-order valence-corrected chi connectivity index (χ3v) is 1.60. The molecule has 0 fully saturated rings. The molecule has 11 heavy (non-hydrogen) atoms. The van der Waals surface area contributed by atoms with E-state index >= 15 is 0 Å². The summed E-state index contributed by atoms with van der Waals surface area (Å²) >= 11 is 5.39. The molecule has 1 amide bonds. The Morgan fingerprint density at radius 2 is 2.27 bits per heavy atom. The fraction of sp³-hybridized carbons (Fsp3) is 0.857. The fourth-order valence-electron chi connectivity index (χ4n) is 0.819. The number of rotatable bonds is 5. The Morgan fingerprint density at radius 1 is 1.64 bits per heavy atom. The largest absolute Gasteiger partial charge is 0.395 e. The predicted octanol–water partition coefficient (Wildman–Crippen LogP) is 0.456. The maximum Gasteiger partial charge on any atom is 0.223 e. The quantitative estimate of drug-likeness (QED) is 0.623. The summed E-state index contributed by atoms with van der Waals surface area (Å²) in [6.07, 6.45) is 0.357. The highest BCUT2D eigenvalue weighted by Crippen LogP contribution is 1.94. The molecule has 0 radical (unpaired) electrons. The molecule has 0 atom stereocenters. The summed E-state index contributed by atoms with van der Waals surface area (Å²) in [5.41, 5.74) is 0. The molecule has 0 aromatic heterocycles. The Bertz CT molecular complexity index is 119. The molecular formula is C7H14ClNO2. The van der Waals surface area contributed by atoms with Crippen molar-refractivity contribution < 1.29 is 9.90 Å². The van der Waals surface area contributed by atoms with Crippen LogP contribution in [0.3, 0.4) is 0 Å². The van der Waals surface area contributed by atoms with E-state index in [0.717, 1.165) is 0 Å². The molecule has 66 valence electrons. The number of alkyl halides is 1. The third-order valence-electron chi connectivity index (χ3n) is 1.41. The lowest BCUT2D eigenvalue weighted by Gasteiger charge is -2.18. The highest BCUT2D eigenvalue weighted by molar-refractivity contribution is 6.18. The smallest absolute Gasteiger partial charge is 0.223 e. The van der Waals surface area contributed by atoms with Crippen LogP contribution in [-0.2, 0) is 4.79 Å². The van der Waals surface area contributed by atoms with Gasteiger partial charge in [0.25, 0.3) is 0 Å². The summed E-state index contributed by atoms with van der Waals surface area (Å²) in [6.45, 7) is 2.94. The van der Waals surface area contributed by atoms with E-state index in [1.807, 2.05) is 6.92 Å². The van der Waals surface area contributed by atoms with Crippen molar-refractivity contribution in [2.45, 2.75) is 13.3 Å². The van der Waals surface area contributed by atoms with Crippen molar-refractivity contribution in [2.75, 3.05) is 25.6 Å². The van der Waals surface area contributed by atoms with Crippen LogP contribution in [0, 0.1) is 0 Å². The first-order chi connectivity index (χ1) is 5.26. The molecule has 0 saturated carbocycles. The van der Waals surface area contributed by atoms with E-state index in [9.17, 15) is 4.79 Å². The predicted molar refractivity (Wildman–Crippen MR) is 44.7 cm³/mol. The number of carbonyl (C=O) groups excluding carboxylic acids is 1. The second-order valence-corrected chi connectivity index (χ2v) is 2.51. The molecule has 4 heteroatoms. The number of hydrogen-bond acceptors (Lipinski definition) is 2. The van der Waals surface area contributed by atoms with Crippen LogP contribution in [0.2, 0.25) is 0 Å². The standard InChI is InChI=1S/C7H14ClNO2/c1-2-9(5-6-10)7(11)3-4-8/h10H,2-6H2,1H3. The Hall–Kier alpha value is -0.280. The summed E-state index contributed by atoms with van der Waals surface area (Å²) < 4.78 is 0. The second-order valence-electron chi connectivity index (χ2n) is 2.14. The van der Waals surface area contributed by atoms with Crippen molar-refractivity contribution in [3.8, 4) is 0 Å². The molecule has 0 spiro atoms. The molecule has 3 nitrogen and oxygen atoms in total. The monoisotopic (exact) mass is 179 g/mol. The molecule has 0 aromatic carbocycles. The molecule has 0 bridgehead atoms. The summed E-state index contributed by atoms with van der Waals surface area (Å²) in [5.74, 6) is 0.359. The molecule has 1 N–H and O–H groups in total. The van der Waals surface area contributed by atoms with Crippen molar-refractivity contribution >= 4 is 17.5 Å². The summed E-state index contributed by atoms with van der Waals surface area (Å²) in [4.78, 5) is 12.7. The van der Waals surface area contributed by atoms with E-state index in [1.165, 1.54) is 0 Å². The van der Waals surface area contributed by atoms with Crippen LogP contribution >= 0.6 is 11.6 Å². The number of halogens is 1. The first kappa shape index (κ1) is 10.7. The van der Waals surface area contributed by atoms with Crippen molar-refractivity contribution in [1.29, 1.82) is 0 Å². The van der Waals surface area contributed by atoms with E-state index in [-0.39, 0.29) is 12.5 Å². The van der Waals surface area contributed by atoms with E-state index < -0.39 is 0 Å². The number of carbonyl (C=O) groups is 1. The average molecular weight is 180 g/mol. The Labute approximate surface area is 71.9 Å². The lowest BCUT2D eigenvalue weighted by molar-refractivity contribution is -0.131. The van der Waals surface area contributed by atoms with Crippen LogP contribution in [0.15, 0.2) is 0 Å². The van der Waals surface area contributed by atoms with Gasteiger partial charge in [-0.2, -0.15) is 0 Å². The maximum absolute atomic E-state index is 11.1. The minimum atomic E-state index is 0.0107. The Kier molecular flexibility index (Phi) is 6.27. The first-order valence-electron chi connectivity index (χ1n) is 3.70.